The second kappa shape index (κ2) is 5.73. The van der Waals surface area contributed by atoms with E-state index in [4.69, 9.17) is 11.6 Å². The van der Waals surface area contributed by atoms with Gasteiger partial charge in [0.05, 0.1) is 17.4 Å². The first-order valence-corrected chi connectivity index (χ1v) is 6.40. The molecule has 3 aromatic rings. The molecule has 3 rings (SSSR count). The van der Waals surface area contributed by atoms with Gasteiger partial charge in [-0.15, -0.1) is 0 Å². The van der Waals surface area contributed by atoms with Crippen molar-refractivity contribution in [2.75, 3.05) is 0 Å². The minimum atomic E-state index is -0.316. The van der Waals surface area contributed by atoms with Gasteiger partial charge in [-0.3, -0.25) is 0 Å². The van der Waals surface area contributed by atoms with Crippen LogP contribution in [0.5, 0.6) is 0 Å². The molecular weight excluding hydrogens is 291 g/mol. The Bertz CT molecular complexity index is 816. The quantitative estimate of drug-likeness (QED) is 0.649. The lowest BCUT2D eigenvalue weighted by atomic mass is 10.3. The Labute approximate surface area is 125 Å². The first-order valence-electron chi connectivity index (χ1n) is 6.02. The molecule has 1 aromatic carbocycles. The van der Waals surface area contributed by atoms with Crippen molar-refractivity contribution in [1.82, 2.24) is 19.7 Å². The van der Waals surface area contributed by atoms with Crippen LogP contribution in [0.15, 0.2) is 48.9 Å². The van der Waals surface area contributed by atoms with Crippen molar-refractivity contribution in [3.63, 3.8) is 0 Å². The summed E-state index contributed by atoms with van der Waals surface area (Å²) in [5, 5.41) is 4.50. The molecule has 0 aliphatic heterocycles. The minimum absolute atomic E-state index is 0.316. The predicted octanol–water partition coefficient (Wildman–Crippen LogP) is 2.85. The first kappa shape index (κ1) is 13.3. The molecule has 6 heteroatoms. The normalized spacial score (nSPS) is 10.0. The molecule has 0 aliphatic rings. The van der Waals surface area contributed by atoms with Crippen LogP contribution in [-0.2, 0) is 0 Å². The standard InChI is InChI=1S/C15H8ClFN4/c16-15-11(2-7-14-18-8-1-9-19-14)10-20-21(15)13-5-3-12(17)4-6-13/h1,3-6,8-10H. The fourth-order valence-electron chi connectivity index (χ4n) is 1.67. The molecule has 0 unspecified atom stereocenters. The summed E-state index contributed by atoms with van der Waals surface area (Å²) in [4.78, 5) is 8.00. The van der Waals surface area contributed by atoms with Crippen molar-refractivity contribution in [3.05, 3.63) is 71.3 Å². The van der Waals surface area contributed by atoms with E-state index in [1.54, 1.807) is 36.8 Å². The number of rotatable bonds is 1. The van der Waals surface area contributed by atoms with E-state index in [0.29, 0.717) is 22.2 Å². The molecule has 0 bridgehead atoms. The van der Waals surface area contributed by atoms with Crippen LogP contribution in [0.25, 0.3) is 5.69 Å². The molecule has 21 heavy (non-hydrogen) atoms. The SMILES string of the molecule is Fc1ccc(-n2ncc(C#Cc3ncccn3)c2Cl)cc1. The number of aromatic nitrogens is 4. The van der Waals surface area contributed by atoms with Gasteiger partial charge in [0.15, 0.2) is 0 Å². The molecule has 4 nitrogen and oxygen atoms in total. The highest BCUT2D eigenvalue weighted by Gasteiger charge is 2.08. The number of hydrogen-bond donors (Lipinski definition) is 0. The van der Waals surface area contributed by atoms with Gasteiger partial charge in [-0.05, 0) is 36.3 Å². The molecule has 0 atom stereocenters. The second-order valence-corrected chi connectivity index (χ2v) is 4.42. The van der Waals surface area contributed by atoms with E-state index in [0.717, 1.165) is 0 Å². The monoisotopic (exact) mass is 298 g/mol. The van der Waals surface area contributed by atoms with Crippen molar-refractivity contribution in [2.24, 2.45) is 0 Å². The van der Waals surface area contributed by atoms with Crippen LogP contribution in [0, 0.1) is 17.7 Å². The van der Waals surface area contributed by atoms with Gasteiger partial charge in [0, 0.05) is 12.4 Å². The number of benzene rings is 1. The van der Waals surface area contributed by atoms with Crippen molar-refractivity contribution in [3.8, 4) is 17.5 Å². The lowest BCUT2D eigenvalue weighted by Crippen LogP contribution is -1.96. The lowest BCUT2D eigenvalue weighted by molar-refractivity contribution is 0.627. The second-order valence-electron chi connectivity index (χ2n) is 4.06. The van der Waals surface area contributed by atoms with Gasteiger partial charge in [0.25, 0.3) is 0 Å². The topological polar surface area (TPSA) is 43.6 Å². The highest BCUT2D eigenvalue weighted by molar-refractivity contribution is 6.31. The molecule has 0 radical (unpaired) electrons. The van der Waals surface area contributed by atoms with E-state index in [1.807, 2.05) is 0 Å². The first-order chi connectivity index (χ1) is 10.2. The molecule has 0 amide bonds. The van der Waals surface area contributed by atoms with Crippen molar-refractivity contribution in [1.29, 1.82) is 0 Å². The molecule has 0 saturated carbocycles. The molecule has 0 N–H and O–H groups in total. The third-order valence-corrected chi connectivity index (χ3v) is 3.02. The summed E-state index contributed by atoms with van der Waals surface area (Å²) < 4.78 is 14.4. The summed E-state index contributed by atoms with van der Waals surface area (Å²) >= 11 is 6.23. The van der Waals surface area contributed by atoms with Crippen molar-refractivity contribution in [2.45, 2.75) is 0 Å². The molecule has 102 valence electrons. The maximum Gasteiger partial charge on any atom is 0.205 e. The van der Waals surface area contributed by atoms with Gasteiger partial charge in [-0.25, -0.2) is 19.0 Å². The van der Waals surface area contributed by atoms with Crippen LogP contribution in [-0.4, -0.2) is 19.7 Å². The van der Waals surface area contributed by atoms with Gasteiger partial charge in [-0.2, -0.15) is 5.10 Å². The Morgan fingerprint density at radius 1 is 1.05 bits per heavy atom. The maximum absolute atomic E-state index is 12.9. The highest BCUT2D eigenvalue weighted by atomic mass is 35.5. The van der Waals surface area contributed by atoms with E-state index < -0.39 is 0 Å². The molecule has 0 spiro atoms. The number of nitrogens with zero attached hydrogens (tertiary/aromatic N) is 4. The van der Waals surface area contributed by atoms with Gasteiger partial charge in [-0.1, -0.05) is 17.5 Å². The summed E-state index contributed by atoms with van der Waals surface area (Å²) in [6.45, 7) is 0. The highest BCUT2D eigenvalue weighted by Crippen LogP contribution is 2.19. The Balaban J connectivity index is 1.93. The molecule has 2 aromatic heterocycles. The van der Waals surface area contributed by atoms with Crippen molar-refractivity contribution >= 4 is 11.6 Å². The summed E-state index contributed by atoms with van der Waals surface area (Å²) in [5.41, 5.74) is 1.21. The smallest absolute Gasteiger partial charge is 0.205 e. The zero-order valence-corrected chi connectivity index (χ0v) is 11.4. The summed E-state index contributed by atoms with van der Waals surface area (Å²) in [6.07, 6.45) is 4.77. The zero-order valence-electron chi connectivity index (χ0n) is 10.7. The molecule has 0 aliphatic carbocycles. The fourth-order valence-corrected chi connectivity index (χ4v) is 1.90. The summed E-state index contributed by atoms with van der Waals surface area (Å²) in [5.74, 6) is 5.76. The minimum Gasteiger partial charge on any atom is -0.229 e. The van der Waals surface area contributed by atoms with Crippen LogP contribution in [0.2, 0.25) is 5.15 Å². The fraction of sp³-hybridized carbons (Fsp3) is 0. The lowest BCUT2D eigenvalue weighted by Gasteiger charge is -2.02. The Hall–Kier alpha value is -2.71. The summed E-state index contributed by atoms with van der Waals surface area (Å²) in [6, 6.07) is 7.58. The van der Waals surface area contributed by atoms with Crippen LogP contribution in [0.1, 0.15) is 11.4 Å². The third kappa shape index (κ3) is 2.91. The largest absolute Gasteiger partial charge is 0.229 e. The van der Waals surface area contributed by atoms with E-state index in [9.17, 15) is 4.39 Å². The van der Waals surface area contributed by atoms with E-state index in [1.165, 1.54) is 16.8 Å². The molecule has 0 saturated heterocycles. The predicted molar refractivity (Wildman–Crippen MR) is 76.5 cm³/mol. The molecular formula is C15H8ClFN4. The number of hydrogen-bond acceptors (Lipinski definition) is 3. The Morgan fingerprint density at radius 3 is 2.48 bits per heavy atom. The van der Waals surface area contributed by atoms with Gasteiger partial charge >= 0.3 is 0 Å². The van der Waals surface area contributed by atoms with E-state index in [-0.39, 0.29) is 5.82 Å². The zero-order chi connectivity index (χ0) is 14.7. The third-order valence-electron chi connectivity index (χ3n) is 2.66. The van der Waals surface area contributed by atoms with Crippen LogP contribution in [0.4, 0.5) is 4.39 Å². The van der Waals surface area contributed by atoms with Gasteiger partial charge in [0.1, 0.15) is 11.0 Å². The Kier molecular flexibility index (Phi) is 3.63. The van der Waals surface area contributed by atoms with Crippen LogP contribution < -0.4 is 0 Å². The number of halogens is 2. The van der Waals surface area contributed by atoms with Crippen LogP contribution >= 0.6 is 11.6 Å². The maximum atomic E-state index is 12.9. The summed E-state index contributed by atoms with van der Waals surface area (Å²) in [7, 11) is 0. The van der Waals surface area contributed by atoms with E-state index >= 15 is 0 Å². The average molecular weight is 299 g/mol. The van der Waals surface area contributed by atoms with Crippen molar-refractivity contribution < 1.29 is 4.39 Å². The Morgan fingerprint density at radius 2 is 1.76 bits per heavy atom. The van der Waals surface area contributed by atoms with Gasteiger partial charge < -0.3 is 0 Å². The van der Waals surface area contributed by atoms with Crippen LogP contribution in [0.3, 0.4) is 0 Å². The average Bonchev–Trinajstić information content (AvgIpc) is 2.88. The van der Waals surface area contributed by atoms with Gasteiger partial charge in [0.2, 0.25) is 5.82 Å². The molecule has 0 fully saturated rings. The molecule has 2 heterocycles. The van der Waals surface area contributed by atoms with E-state index in [2.05, 4.69) is 26.9 Å².